The number of carbonyl (C=O) groups excluding carboxylic acids is 4. The fourth-order valence-corrected chi connectivity index (χ4v) is 9.74. The molecule has 12 atom stereocenters. The Morgan fingerprint density at radius 2 is 1.79 bits per heavy atom. The number of nitrogens with two attached hydrogens (primary N) is 1. The van der Waals surface area contributed by atoms with Gasteiger partial charge in [-0.25, -0.2) is 8.78 Å². The number of rotatable bonds is 9. The Balaban J connectivity index is 1.07. The molecule has 0 aromatic heterocycles. The fourth-order valence-electron chi connectivity index (χ4n) is 9.74. The van der Waals surface area contributed by atoms with Crippen LogP contribution < -0.4 is 16.4 Å². The minimum absolute atomic E-state index is 0.0309. The molecule has 13 heteroatoms. The van der Waals surface area contributed by atoms with E-state index in [0.29, 0.717) is 17.7 Å². The number of carbonyl (C=O) groups is 4. The van der Waals surface area contributed by atoms with Crippen molar-refractivity contribution in [3.05, 3.63) is 89.0 Å². The highest BCUT2D eigenvalue weighted by Gasteiger charge is 2.78. The maximum absolute atomic E-state index is 17.3. The van der Waals surface area contributed by atoms with Crippen LogP contribution in [0.25, 0.3) is 0 Å². The molecule has 4 aliphatic carbocycles. The van der Waals surface area contributed by atoms with Crippen LogP contribution in [0.1, 0.15) is 63.0 Å². The lowest BCUT2D eigenvalue weighted by Crippen LogP contribution is -2.68. The number of allylic oxidation sites excluding steroid dienone is 4. The molecule has 2 aromatic rings. The summed E-state index contributed by atoms with van der Waals surface area (Å²) in [4.78, 5) is 50.3. The average Bonchev–Trinajstić information content (AvgIpc) is 3.62. The largest absolute Gasteiger partial charge is 0.390 e. The number of ketones is 2. The Morgan fingerprint density at radius 1 is 1.06 bits per heavy atom. The standard InChI is InChI=1S/C40H45F2N3O8/c1-20(43)35(50)44-21(2)36(51)45-25-6-4-5-23(14-25)13-22-7-9-24(10-8-22)37-52-34-17-29-30-16-31(41)27-15-26(47)11-12-28(27)39(30,42)32(48)18-38(29,3)40(34,53-37)33(49)19-46/h4-12,14-15,20-21,28-32,34,37,46,48H,13,16-19,43H2,1-3H3,(H,44,50)(H,45,51)/t20-,21-,28?,29-,30?,31-,32?,34+,37?,38?,39-,40+/m0/s1. The second-order valence-corrected chi connectivity index (χ2v) is 15.5. The lowest BCUT2D eigenvalue weighted by atomic mass is 9.48. The Morgan fingerprint density at radius 3 is 2.49 bits per heavy atom. The van der Waals surface area contributed by atoms with Gasteiger partial charge < -0.3 is 36.1 Å². The molecule has 0 radical (unpaired) electrons. The van der Waals surface area contributed by atoms with E-state index in [1.165, 1.54) is 19.1 Å². The number of amides is 2. The van der Waals surface area contributed by atoms with E-state index in [1.807, 2.05) is 42.5 Å². The van der Waals surface area contributed by atoms with Crippen LogP contribution in [0.5, 0.6) is 0 Å². The molecule has 3 saturated carbocycles. The predicted octanol–water partition coefficient (Wildman–Crippen LogP) is 3.32. The Kier molecular flexibility index (Phi) is 9.55. The third-order valence-electron chi connectivity index (χ3n) is 12.3. The van der Waals surface area contributed by atoms with E-state index in [-0.39, 0.29) is 30.7 Å². The van der Waals surface area contributed by atoms with Crippen LogP contribution in [0.4, 0.5) is 14.5 Å². The first-order chi connectivity index (χ1) is 25.1. The van der Waals surface area contributed by atoms with Gasteiger partial charge in [-0.15, -0.1) is 0 Å². The number of ether oxygens (including phenoxy) is 2. The number of alkyl halides is 2. The van der Waals surface area contributed by atoms with Gasteiger partial charge in [0.15, 0.2) is 23.5 Å². The maximum atomic E-state index is 17.3. The van der Waals surface area contributed by atoms with Crippen molar-refractivity contribution in [3.63, 3.8) is 0 Å². The molecule has 282 valence electrons. The third kappa shape index (κ3) is 5.97. The normalized spacial score (nSPS) is 36.6. The molecule has 1 heterocycles. The number of benzene rings is 2. The number of hydrogen-bond donors (Lipinski definition) is 5. The second-order valence-electron chi connectivity index (χ2n) is 15.5. The maximum Gasteiger partial charge on any atom is 0.246 e. The molecule has 2 amide bonds. The second kappa shape index (κ2) is 13.6. The molecule has 7 rings (SSSR count). The predicted molar refractivity (Wildman–Crippen MR) is 188 cm³/mol. The van der Waals surface area contributed by atoms with Crippen LogP contribution in [-0.4, -0.2) is 81.9 Å². The summed E-state index contributed by atoms with van der Waals surface area (Å²) in [5, 5.41) is 27.2. The molecule has 5 unspecified atom stereocenters. The zero-order valence-corrected chi connectivity index (χ0v) is 29.8. The molecule has 4 fully saturated rings. The van der Waals surface area contributed by atoms with E-state index in [9.17, 15) is 29.4 Å². The number of anilines is 1. The monoisotopic (exact) mass is 733 g/mol. The van der Waals surface area contributed by atoms with Crippen LogP contribution in [-0.2, 0) is 35.1 Å². The SMILES string of the molecule is C[C@H](N)C(=O)N[C@@H](C)C(=O)Nc1cccc(Cc2ccc(C3O[C@@H]4C[C@H]5C6C[C@H](F)C7=CC(=O)C=CC7[C@@]6(F)C(O)CC5(C)[C@]4(C(=O)CO)O3)cc2)c1. The van der Waals surface area contributed by atoms with Crippen molar-refractivity contribution in [1.82, 2.24) is 5.32 Å². The van der Waals surface area contributed by atoms with Gasteiger partial charge in [0.05, 0.1) is 18.2 Å². The average molecular weight is 734 g/mol. The highest BCUT2D eigenvalue weighted by Crippen LogP contribution is 2.70. The zero-order valence-electron chi connectivity index (χ0n) is 29.8. The number of halogens is 2. The number of aliphatic hydroxyl groups excluding tert-OH is 2. The summed E-state index contributed by atoms with van der Waals surface area (Å²) in [7, 11) is 0. The Bertz CT molecular complexity index is 1880. The van der Waals surface area contributed by atoms with Gasteiger partial charge >= 0.3 is 0 Å². The van der Waals surface area contributed by atoms with E-state index in [2.05, 4.69) is 10.6 Å². The molecule has 11 nitrogen and oxygen atoms in total. The zero-order chi connectivity index (χ0) is 38.0. The lowest BCUT2D eigenvalue weighted by molar-refractivity contribution is -0.223. The molecule has 0 bridgehead atoms. The highest BCUT2D eigenvalue weighted by atomic mass is 19.1. The van der Waals surface area contributed by atoms with Gasteiger partial charge in [-0.05, 0) is 86.4 Å². The summed E-state index contributed by atoms with van der Waals surface area (Å²) < 4.78 is 45.9. The van der Waals surface area contributed by atoms with Crippen molar-refractivity contribution in [2.24, 2.45) is 28.9 Å². The van der Waals surface area contributed by atoms with Crippen molar-refractivity contribution >= 4 is 29.1 Å². The minimum atomic E-state index is -2.27. The molecule has 6 N–H and O–H groups in total. The summed E-state index contributed by atoms with van der Waals surface area (Å²) in [5.41, 5.74) is 3.44. The number of nitrogens with one attached hydrogen (secondary N) is 2. The van der Waals surface area contributed by atoms with Gasteiger partial charge in [0.2, 0.25) is 11.8 Å². The van der Waals surface area contributed by atoms with Crippen LogP contribution >= 0.6 is 0 Å². The quantitative estimate of drug-likeness (QED) is 0.259. The van der Waals surface area contributed by atoms with E-state index in [0.717, 1.165) is 17.2 Å². The number of fused-ring (bicyclic) bond motifs is 7. The third-order valence-corrected chi connectivity index (χ3v) is 12.3. The molecule has 1 aliphatic heterocycles. The summed E-state index contributed by atoms with van der Waals surface area (Å²) in [6.07, 6.45) is -1.18. The Hall–Kier alpha value is -4.14. The van der Waals surface area contributed by atoms with E-state index in [4.69, 9.17) is 15.2 Å². The van der Waals surface area contributed by atoms with Crippen molar-refractivity contribution in [2.75, 3.05) is 11.9 Å². The minimum Gasteiger partial charge on any atom is -0.390 e. The van der Waals surface area contributed by atoms with Crippen LogP contribution in [0.3, 0.4) is 0 Å². The molecule has 53 heavy (non-hydrogen) atoms. The van der Waals surface area contributed by atoms with Gasteiger partial charge in [0.1, 0.15) is 24.5 Å². The Labute approximate surface area is 306 Å². The first-order valence-electron chi connectivity index (χ1n) is 18.1. The molecular weight excluding hydrogens is 688 g/mol. The topological polar surface area (TPSA) is 177 Å². The number of aliphatic hydroxyl groups is 2. The van der Waals surface area contributed by atoms with E-state index >= 15 is 8.78 Å². The first kappa shape index (κ1) is 37.2. The van der Waals surface area contributed by atoms with Crippen molar-refractivity contribution < 1.29 is 47.6 Å². The van der Waals surface area contributed by atoms with Gasteiger partial charge in [0, 0.05) is 28.5 Å². The summed E-state index contributed by atoms with van der Waals surface area (Å²) in [5.74, 6) is -4.62. The lowest BCUT2D eigenvalue weighted by Gasteiger charge is -2.59. The molecule has 2 aromatic carbocycles. The van der Waals surface area contributed by atoms with Crippen LogP contribution in [0, 0.1) is 23.2 Å². The van der Waals surface area contributed by atoms with Crippen molar-refractivity contribution in [2.45, 2.75) is 94.5 Å². The number of hydrogen-bond acceptors (Lipinski definition) is 9. The van der Waals surface area contributed by atoms with Gasteiger partial charge in [0.25, 0.3) is 0 Å². The van der Waals surface area contributed by atoms with Crippen LogP contribution in [0.15, 0.2) is 72.3 Å². The van der Waals surface area contributed by atoms with Gasteiger partial charge in [-0.1, -0.05) is 49.4 Å². The fraction of sp³-hybridized carbons (Fsp3) is 0.500. The summed E-state index contributed by atoms with van der Waals surface area (Å²) >= 11 is 0. The van der Waals surface area contributed by atoms with Crippen LogP contribution in [0.2, 0.25) is 0 Å². The molecule has 1 saturated heterocycles. The van der Waals surface area contributed by atoms with E-state index < -0.39 is 95.3 Å². The molecule has 0 spiro atoms. The first-order valence-corrected chi connectivity index (χ1v) is 18.1. The van der Waals surface area contributed by atoms with E-state index in [1.54, 1.807) is 19.9 Å². The smallest absolute Gasteiger partial charge is 0.246 e. The molecule has 5 aliphatic rings. The number of Topliss-reactive ketones (excluding diaryl/α,β-unsaturated/α-hetero) is 1. The summed E-state index contributed by atoms with van der Waals surface area (Å²) in [6, 6.07) is 13.2. The van der Waals surface area contributed by atoms with Crippen molar-refractivity contribution in [3.8, 4) is 0 Å². The molecular formula is C40H45F2N3O8. The van der Waals surface area contributed by atoms with Gasteiger partial charge in [-0.3, -0.25) is 19.2 Å². The highest BCUT2D eigenvalue weighted by molar-refractivity contribution is 6.01. The van der Waals surface area contributed by atoms with Gasteiger partial charge in [-0.2, -0.15) is 0 Å². The van der Waals surface area contributed by atoms with Crippen molar-refractivity contribution in [1.29, 1.82) is 0 Å². The summed E-state index contributed by atoms with van der Waals surface area (Å²) in [6.45, 7) is 3.99.